The summed E-state index contributed by atoms with van der Waals surface area (Å²) in [6.45, 7) is 6.95. The maximum absolute atomic E-state index is 9.35. The number of hydrogen-bond acceptors (Lipinski definition) is 3. The van der Waals surface area contributed by atoms with Crippen LogP contribution in [0, 0.1) is 0 Å². The molecule has 0 aliphatic heterocycles. The van der Waals surface area contributed by atoms with E-state index in [1.54, 1.807) is 13.8 Å². The molecule has 0 bridgehead atoms. The maximum Gasteiger partial charge on any atom is 0.160 e. The Labute approximate surface area is 80.0 Å². The molecule has 0 saturated carbocycles. The fourth-order valence-corrected chi connectivity index (χ4v) is 1.03. The second kappa shape index (κ2) is 5.37. The lowest BCUT2D eigenvalue weighted by atomic mass is 10.1. The van der Waals surface area contributed by atoms with E-state index in [4.69, 9.17) is 9.84 Å². The molecule has 0 spiro atoms. The molecule has 0 aromatic rings. The summed E-state index contributed by atoms with van der Waals surface area (Å²) in [5.41, 5.74) is 1.14. The Hall–Kier alpha value is -0.380. The van der Waals surface area contributed by atoms with E-state index in [0.29, 0.717) is 6.42 Å². The van der Waals surface area contributed by atoms with E-state index < -0.39 is 5.79 Å². The summed E-state index contributed by atoms with van der Waals surface area (Å²) in [4.78, 5) is 0. The molecule has 1 atom stereocenters. The second-order valence-corrected chi connectivity index (χ2v) is 3.71. The lowest BCUT2D eigenvalue weighted by molar-refractivity contribution is -0.211. The Balaban J connectivity index is 4.05. The van der Waals surface area contributed by atoms with E-state index in [1.165, 1.54) is 0 Å². The predicted octanol–water partition coefficient (Wildman–Crippen LogP) is 1.45. The van der Waals surface area contributed by atoms with Crippen LogP contribution in [0.2, 0.25) is 0 Å². The molecule has 0 radical (unpaired) electrons. The number of aliphatic hydroxyl groups is 2. The van der Waals surface area contributed by atoms with Gasteiger partial charge in [0.15, 0.2) is 5.79 Å². The van der Waals surface area contributed by atoms with Gasteiger partial charge in [0.25, 0.3) is 0 Å². The zero-order valence-corrected chi connectivity index (χ0v) is 8.87. The first-order chi connectivity index (χ1) is 5.89. The molecule has 3 nitrogen and oxygen atoms in total. The first-order valence-corrected chi connectivity index (χ1v) is 4.52. The molecule has 0 unspecified atom stereocenters. The SMILES string of the molecule is C/C=C(/C)C[C@H](CO)OC(C)(C)O. The van der Waals surface area contributed by atoms with E-state index in [2.05, 4.69) is 0 Å². The molecule has 3 heteroatoms. The van der Waals surface area contributed by atoms with Crippen LogP contribution in [0.3, 0.4) is 0 Å². The lowest BCUT2D eigenvalue weighted by Gasteiger charge is -2.25. The highest BCUT2D eigenvalue weighted by atomic mass is 16.6. The number of rotatable bonds is 5. The van der Waals surface area contributed by atoms with Crippen molar-refractivity contribution in [2.24, 2.45) is 0 Å². The molecule has 0 aliphatic carbocycles. The first kappa shape index (κ1) is 12.6. The van der Waals surface area contributed by atoms with Crippen molar-refractivity contribution in [3.05, 3.63) is 11.6 Å². The topological polar surface area (TPSA) is 49.7 Å². The van der Waals surface area contributed by atoms with Gasteiger partial charge in [0.2, 0.25) is 0 Å². The van der Waals surface area contributed by atoms with Crippen LogP contribution >= 0.6 is 0 Å². The lowest BCUT2D eigenvalue weighted by Crippen LogP contribution is -2.32. The molecule has 0 aliphatic rings. The van der Waals surface area contributed by atoms with E-state index in [9.17, 15) is 5.11 Å². The second-order valence-electron chi connectivity index (χ2n) is 3.71. The van der Waals surface area contributed by atoms with Gasteiger partial charge in [-0.1, -0.05) is 11.6 Å². The van der Waals surface area contributed by atoms with Crippen molar-refractivity contribution in [2.75, 3.05) is 6.61 Å². The average molecular weight is 188 g/mol. The van der Waals surface area contributed by atoms with Gasteiger partial charge in [0.1, 0.15) is 0 Å². The zero-order chi connectivity index (χ0) is 10.5. The summed E-state index contributed by atoms with van der Waals surface area (Å²) in [7, 11) is 0. The fraction of sp³-hybridized carbons (Fsp3) is 0.800. The van der Waals surface area contributed by atoms with Gasteiger partial charge in [0.05, 0.1) is 12.7 Å². The van der Waals surface area contributed by atoms with Crippen molar-refractivity contribution >= 4 is 0 Å². The third-order valence-electron chi connectivity index (χ3n) is 1.70. The van der Waals surface area contributed by atoms with Gasteiger partial charge in [-0.25, -0.2) is 0 Å². The van der Waals surface area contributed by atoms with Crippen molar-refractivity contribution in [1.29, 1.82) is 0 Å². The standard InChI is InChI=1S/C10H20O3/c1-5-8(2)6-9(7-11)13-10(3,4)12/h5,9,11-12H,6-7H2,1-4H3/b8-5-/t9-/m1/s1. The molecule has 0 aromatic carbocycles. The van der Waals surface area contributed by atoms with E-state index in [1.807, 2.05) is 19.9 Å². The number of hydrogen-bond donors (Lipinski definition) is 2. The highest BCUT2D eigenvalue weighted by molar-refractivity contribution is 4.97. The van der Waals surface area contributed by atoms with Gasteiger partial charge in [-0.15, -0.1) is 0 Å². The normalized spacial score (nSPS) is 16.0. The van der Waals surface area contributed by atoms with Gasteiger partial charge in [-0.2, -0.15) is 0 Å². The number of allylic oxidation sites excluding steroid dienone is 1. The van der Waals surface area contributed by atoms with Crippen LogP contribution < -0.4 is 0 Å². The van der Waals surface area contributed by atoms with Crippen molar-refractivity contribution in [1.82, 2.24) is 0 Å². The average Bonchev–Trinajstić information content (AvgIpc) is 2.00. The number of ether oxygens (including phenoxy) is 1. The third kappa shape index (κ3) is 6.75. The Bertz CT molecular complexity index is 167. The van der Waals surface area contributed by atoms with Gasteiger partial charge in [-0.3, -0.25) is 0 Å². The monoisotopic (exact) mass is 188 g/mol. The minimum absolute atomic E-state index is 0.0742. The fourth-order valence-electron chi connectivity index (χ4n) is 1.03. The molecule has 2 N–H and O–H groups in total. The van der Waals surface area contributed by atoms with E-state index in [-0.39, 0.29) is 12.7 Å². The Morgan fingerprint density at radius 2 is 2.08 bits per heavy atom. The summed E-state index contributed by atoms with van der Waals surface area (Å²) < 4.78 is 5.22. The van der Waals surface area contributed by atoms with Crippen molar-refractivity contribution in [2.45, 2.75) is 46.0 Å². The molecule has 78 valence electrons. The summed E-state index contributed by atoms with van der Waals surface area (Å²) in [6.07, 6.45) is 2.30. The number of aliphatic hydroxyl groups excluding tert-OH is 1. The molecular weight excluding hydrogens is 168 g/mol. The minimum atomic E-state index is -1.18. The predicted molar refractivity (Wildman–Crippen MR) is 52.3 cm³/mol. The van der Waals surface area contributed by atoms with Gasteiger partial charge in [0, 0.05) is 0 Å². The zero-order valence-electron chi connectivity index (χ0n) is 8.87. The summed E-state index contributed by atoms with van der Waals surface area (Å²) in [6, 6.07) is 0. The Morgan fingerprint density at radius 3 is 2.38 bits per heavy atom. The van der Waals surface area contributed by atoms with E-state index >= 15 is 0 Å². The van der Waals surface area contributed by atoms with Crippen LogP contribution in [0.15, 0.2) is 11.6 Å². The molecule has 0 heterocycles. The molecule has 0 saturated heterocycles. The van der Waals surface area contributed by atoms with Crippen LogP contribution in [-0.2, 0) is 4.74 Å². The van der Waals surface area contributed by atoms with Gasteiger partial charge >= 0.3 is 0 Å². The van der Waals surface area contributed by atoms with Gasteiger partial charge in [-0.05, 0) is 34.1 Å². The maximum atomic E-state index is 9.35. The third-order valence-corrected chi connectivity index (χ3v) is 1.70. The highest BCUT2D eigenvalue weighted by Crippen LogP contribution is 2.14. The molecule has 0 fully saturated rings. The van der Waals surface area contributed by atoms with Crippen LogP contribution in [0.25, 0.3) is 0 Å². The summed E-state index contributed by atoms with van der Waals surface area (Å²) in [5.74, 6) is -1.18. The molecule has 0 aromatic heterocycles. The Kier molecular flexibility index (Phi) is 5.21. The van der Waals surface area contributed by atoms with Crippen molar-refractivity contribution in [3.63, 3.8) is 0 Å². The van der Waals surface area contributed by atoms with Crippen molar-refractivity contribution < 1.29 is 14.9 Å². The molecular formula is C10H20O3. The molecule has 0 rings (SSSR count). The van der Waals surface area contributed by atoms with Crippen LogP contribution in [-0.4, -0.2) is 28.7 Å². The Morgan fingerprint density at radius 1 is 1.54 bits per heavy atom. The highest BCUT2D eigenvalue weighted by Gasteiger charge is 2.19. The molecule has 0 amide bonds. The quantitative estimate of drug-likeness (QED) is 0.507. The smallest absolute Gasteiger partial charge is 0.160 e. The molecule has 13 heavy (non-hydrogen) atoms. The van der Waals surface area contributed by atoms with Crippen LogP contribution in [0.5, 0.6) is 0 Å². The van der Waals surface area contributed by atoms with Crippen LogP contribution in [0.1, 0.15) is 34.1 Å². The first-order valence-electron chi connectivity index (χ1n) is 4.52. The van der Waals surface area contributed by atoms with E-state index in [0.717, 1.165) is 5.57 Å². The van der Waals surface area contributed by atoms with Crippen molar-refractivity contribution in [3.8, 4) is 0 Å². The van der Waals surface area contributed by atoms with Gasteiger partial charge < -0.3 is 14.9 Å². The summed E-state index contributed by atoms with van der Waals surface area (Å²) in [5, 5.41) is 18.3. The largest absolute Gasteiger partial charge is 0.394 e. The summed E-state index contributed by atoms with van der Waals surface area (Å²) >= 11 is 0. The minimum Gasteiger partial charge on any atom is -0.394 e. The van der Waals surface area contributed by atoms with Crippen LogP contribution in [0.4, 0.5) is 0 Å².